The highest BCUT2D eigenvalue weighted by Crippen LogP contribution is 2.16. The largest absolute Gasteiger partial charge is 0.377 e. The quantitative estimate of drug-likeness (QED) is 0.757. The summed E-state index contributed by atoms with van der Waals surface area (Å²) >= 11 is 0. The Hall–Kier alpha value is -1.45. The molecule has 1 aromatic heterocycles. The molecule has 2 aromatic rings. The van der Waals surface area contributed by atoms with Crippen molar-refractivity contribution >= 4 is 10.9 Å². The van der Waals surface area contributed by atoms with Gasteiger partial charge in [-0.1, -0.05) is 30.7 Å². The van der Waals surface area contributed by atoms with Gasteiger partial charge in [-0.15, -0.1) is 0 Å². The Balaban J connectivity index is 1.44. The van der Waals surface area contributed by atoms with Gasteiger partial charge in [-0.05, 0) is 38.4 Å². The fourth-order valence-corrected chi connectivity index (χ4v) is 3.04. The predicted molar refractivity (Wildman–Crippen MR) is 86.3 cm³/mol. The Labute approximate surface area is 126 Å². The first-order chi connectivity index (χ1) is 10.4. The van der Waals surface area contributed by atoms with Crippen LogP contribution in [0, 0.1) is 0 Å². The van der Waals surface area contributed by atoms with E-state index in [1.54, 1.807) is 0 Å². The number of fused-ring (bicyclic) bond motifs is 1. The van der Waals surface area contributed by atoms with E-state index in [1.807, 2.05) is 12.3 Å². The van der Waals surface area contributed by atoms with E-state index in [9.17, 15) is 0 Å². The molecule has 1 aliphatic heterocycles. The van der Waals surface area contributed by atoms with Crippen molar-refractivity contribution in [3.63, 3.8) is 0 Å². The highest BCUT2D eigenvalue weighted by atomic mass is 16.5. The Kier molecular flexibility index (Phi) is 5.19. The van der Waals surface area contributed by atoms with Crippen molar-refractivity contribution in [3.8, 4) is 0 Å². The first-order valence-corrected chi connectivity index (χ1v) is 8.06. The van der Waals surface area contributed by atoms with E-state index < -0.39 is 0 Å². The molecule has 0 bridgehead atoms. The van der Waals surface area contributed by atoms with Crippen LogP contribution in [-0.4, -0.2) is 36.1 Å². The van der Waals surface area contributed by atoms with Gasteiger partial charge in [-0.25, -0.2) is 0 Å². The molecule has 0 N–H and O–H groups in total. The number of para-hydroxylation sites is 1. The number of likely N-dealkylation sites (tertiary alicyclic amines) is 1. The summed E-state index contributed by atoms with van der Waals surface area (Å²) in [6, 6.07) is 10.4. The van der Waals surface area contributed by atoms with Crippen molar-refractivity contribution in [2.75, 3.05) is 26.2 Å². The van der Waals surface area contributed by atoms with Gasteiger partial charge in [0.25, 0.3) is 0 Å². The molecular weight excluding hydrogens is 260 g/mol. The smallest absolute Gasteiger partial charge is 0.0757 e. The Morgan fingerprint density at radius 2 is 1.90 bits per heavy atom. The Bertz CT molecular complexity index is 559. The lowest BCUT2D eigenvalue weighted by atomic mass is 10.1. The fraction of sp³-hybridized carbons (Fsp3) is 0.500. The van der Waals surface area contributed by atoms with Crippen LogP contribution in [0.5, 0.6) is 0 Å². The summed E-state index contributed by atoms with van der Waals surface area (Å²) in [5.74, 6) is 0. The third-order valence-electron chi connectivity index (χ3n) is 4.19. The molecule has 3 rings (SSSR count). The molecule has 1 aromatic carbocycles. The third kappa shape index (κ3) is 4.02. The molecule has 0 radical (unpaired) electrons. The summed E-state index contributed by atoms with van der Waals surface area (Å²) in [4.78, 5) is 7.03. The van der Waals surface area contributed by atoms with Crippen LogP contribution < -0.4 is 0 Å². The molecule has 0 unspecified atom stereocenters. The number of aromatic nitrogens is 1. The van der Waals surface area contributed by atoms with Gasteiger partial charge in [0.2, 0.25) is 0 Å². The number of hydrogen-bond donors (Lipinski definition) is 0. The van der Waals surface area contributed by atoms with Gasteiger partial charge in [0.1, 0.15) is 0 Å². The number of benzene rings is 1. The van der Waals surface area contributed by atoms with Gasteiger partial charge < -0.3 is 9.64 Å². The van der Waals surface area contributed by atoms with Gasteiger partial charge in [0.05, 0.1) is 12.1 Å². The van der Waals surface area contributed by atoms with Crippen LogP contribution in [0.3, 0.4) is 0 Å². The van der Waals surface area contributed by atoms with Crippen molar-refractivity contribution in [1.29, 1.82) is 0 Å². The minimum atomic E-state index is 0.661. The van der Waals surface area contributed by atoms with Crippen molar-refractivity contribution in [2.24, 2.45) is 0 Å². The molecule has 3 heteroatoms. The molecule has 0 amide bonds. The number of rotatable bonds is 6. The number of nitrogens with zero attached hydrogens (tertiary/aromatic N) is 2. The molecule has 1 saturated heterocycles. The molecule has 0 spiro atoms. The lowest BCUT2D eigenvalue weighted by Crippen LogP contribution is -2.31. The van der Waals surface area contributed by atoms with Crippen LogP contribution >= 0.6 is 0 Å². The lowest BCUT2D eigenvalue weighted by molar-refractivity contribution is 0.106. The first-order valence-electron chi connectivity index (χ1n) is 8.06. The van der Waals surface area contributed by atoms with E-state index in [1.165, 1.54) is 49.8 Å². The van der Waals surface area contributed by atoms with E-state index >= 15 is 0 Å². The molecular formula is C18H24N2O. The van der Waals surface area contributed by atoms with Crippen LogP contribution in [0.15, 0.2) is 36.5 Å². The summed E-state index contributed by atoms with van der Waals surface area (Å²) in [6.45, 7) is 5.21. The van der Waals surface area contributed by atoms with Gasteiger partial charge in [-0.2, -0.15) is 0 Å². The van der Waals surface area contributed by atoms with Gasteiger partial charge in [0, 0.05) is 30.3 Å². The van der Waals surface area contributed by atoms with E-state index in [0.717, 1.165) is 18.5 Å². The molecule has 21 heavy (non-hydrogen) atoms. The maximum absolute atomic E-state index is 5.85. The molecule has 1 aliphatic rings. The zero-order valence-electron chi connectivity index (χ0n) is 12.6. The highest BCUT2D eigenvalue weighted by Gasteiger charge is 2.09. The summed E-state index contributed by atoms with van der Waals surface area (Å²) in [5.41, 5.74) is 2.25. The minimum absolute atomic E-state index is 0.661. The van der Waals surface area contributed by atoms with E-state index in [4.69, 9.17) is 4.74 Å². The summed E-state index contributed by atoms with van der Waals surface area (Å²) in [7, 11) is 0. The van der Waals surface area contributed by atoms with Gasteiger partial charge >= 0.3 is 0 Å². The van der Waals surface area contributed by atoms with Crippen molar-refractivity contribution < 1.29 is 4.74 Å². The van der Waals surface area contributed by atoms with Gasteiger partial charge in [-0.3, -0.25) is 4.98 Å². The van der Waals surface area contributed by atoms with E-state index in [2.05, 4.69) is 34.1 Å². The van der Waals surface area contributed by atoms with Crippen LogP contribution in [0.1, 0.15) is 31.2 Å². The van der Waals surface area contributed by atoms with Crippen molar-refractivity contribution in [3.05, 3.63) is 42.1 Å². The van der Waals surface area contributed by atoms with Crippen LogP contribution in [0.25, 0.3) is 10.9 Å². The second kappa shape index (κ2) is 7.53. The molecule has 3 nitrogen and oxygen atoms in total. The SMILES string of the molecule is c1cnc2c(COCCCN3CCCCC3)cccc2c1. The van der Waals surface area contributed by atoms with E-state index in [0.29, 0.717) is 6.61 Å². The van der Waals surface area contributed by atoms with Gasteiger partial charge in [0.15, 0.2) is 0 Å². The maximum atomic E-state index is 5.85. The first kappa shape index (κ1) is 14.5. The van der Waals surface area contributed by atoms with Crippen molar-refractivity contribution in [2.45, 2.75) is 32.3 Å². The predicted octanol–water partition coefficient (Wildman–Crippen LogP) is 3.63. The maximum Gasteiger partial charge on any atom is 0.0757 e. The zero-order chi connectivity index (χ0) is 14.3. The molecule has 0 saturated carbocycles. The minimum Gasteiger partial charge on any atom is -0.377 e. The van der Waals surface area contributed by atoms with E-state index in [-0.39, 0.29) is 0 Å². The second-order valence-electron chi connectivity index (χ2n) is 5.80. The molecule has 0 aliphatic carbocycles. The summed E-state index contributed by atoms with van der Waals surface area (Å²) < 4.78 is 5.85. The monoisotopic (exact) mass is 284 g/mol. The average Bonchev–Trinajstić information content (AvgIpc) is 2.56. The molecule has 0 atom stereocenters. The second-order valence-corrected chi connectivity index (χ2v) is 5.80. The normalized spacial score (nSPS) is 16.4. The number of ether oxygens (including phenoxy) is 1. The molecule has 1 fully saturated rings. The zero-order valence-corrected chi connectivity index (χ0v) is 12.6. The third-order valence-corrected chi connectivity index (χ3v) is 4.19. The Morgan fingerprint density at radius 3 is 2.81 bits per heavy atom. The standard InChI is InChI=1S/C18H24N2O/c1-2-11-20(12-3-1)13-6-14-21-15-17-8-4-7-16-9-5-10-19-18(16)17/h4-5,7-10H,1-3,6,11-15H2. The van der Waals surface area contributed by atoms with Crippen LogP contribution in [0.2, 0.25) is 0 Å². The highest BCUT2D eigenvalue weighted by molar-refractivity contribution is 5.81. The topological polar surface area (TPSA) is 25.4 Å². The molecule has 112 valence electrons. The fourth-order valence-electron chi connectivity index (χ4n) is 3.04. The number of hydrogen-bond acceptors (Lipinski definition) is 3. The summed E-state index contributed by atoms with van der Waals surface area (Å²) in [6.07, 6.45) is 7.10. The average molecular weight is 284 g/mol. The van der Waals surface area contributed by atoms with Crippen molar-refractivity contribution in [1.82, 2.24) is 9.88 Å². The Morgan fingerprint density at radius 1 is 1.05 bits per heavy atom. The number of piperidine rings is 1. The lowest BCUT2D eigenvalue weighted by Gasteiger charge is -2.26. The summed E-state index contributed by atoms with van der Waals surface area (Å²) in [5, 5.41) is 1.19. The molecule has 2 heterocycles. The number of pyridine rings is 1. The van der Waals surface area contributed by atoms with Crippen LogP contribution in [0.4, 0.5) is 0 Å². The van der Waals surface area contributed by atoms with Crippen LogP contribution in [-0.2, 0) is 11.3 Å².